The smallest absolute Gasteiger partial charge is 0.127 e. The van der Waals surface area contributed by atoms with Gasteiger partial charge >= 0.3 is 0 Å². The predicted octanol–water partition coefficient (Wildman–Crippen LogP) is 5.13. The van der Waals surface area contributed by atoms with Crippen LogP contribution in [0.3, 0.4) is 0 Å². The topological polar surface area (TPSA) is 20.2 Å². The lowest BCUT2D eigenvalue weighted by atomic mass is 9.98. The molecule has 1 N–H and O–H groups in total. The molecule has 2 aromatic rings. The van der Waals surface area contributed by atoms with Gasteiger partial charge in [-0.15, -0.1) is 0 Å². The van der Waals surface area contributed by atoms with E-state index in [1.54, 1.807) is 12.1 Å². The van der Waals surface area contributed by atoms with Crippen LogP contribution in [0.15, 0.2) is 34.8 Å². The Hall–Kier alpha value is -0.900. The van der Waals surface area contributed by atoms with Crippen molar-refractivity contribution in [3.63, 3.8) is 0 Å². The zero-order chi connectivity index (χ0) is 14.9. The third kappa shape index (κ3) is 3.22. The Balaban J connectivity index is 2.31. The van der Waals surface area contributed by atoms with Crippen LogP contribution in [0.1, 0.15) is 28.4 Å². The van der Waals surface area contributed by atoms with Crippen molar-refractivity contribution in [1.29, 1.82) is 0 Å². The van der Waals surface area contributed by atoms with Crippen LogP contribution in [0, 0.1) is 19.7 Å². The lowest BCUT2D eigenvalue weighted by Gasteiger charge is -2.15. The first-order valence-corrected chi connectivity index (χ1v) is 7.45. The van der Waals surface area contributed by atoms with Gasteiger partial charge < -0.3 is 5.11 Å². The fourth-order valence-corrected chi connectivity index (χ4v) is 2.68. The highest BCUT2D eigenvalue weighted by Gasteiger charge is 2.16. The van der Waals surface area contributed by atoms with Crippen LogP contribution >= 0.6 is 27.5 Å². The van der Waals surface area contributed by atoms with Crippen molar-refractivity contribution in [2.45, 2.75) is 26.4 Å². The Morgan fingerprint density at radius 3 is 2.40 bits per heavy atom. The molecule has 0 fully saturated rings. The highest BCUT2D eigenvalue weighted by atomic mass is 79.9. The number of aliphatic hydroxyl groups excluding tert-OH is 1. The summed E-state index contributed by atoms with van der Waals surface area (Å²) in [5.74, 6) is -0.387. The van der Waals surface area contributed by atoms with Crippen LogP contribution in [0.5, 0.6) is 0 Å². The molecular formula is C16H15BrClFO. The van der Waals surface area contributed by atoms with E-state index in [1.165, 1.54) is 6.07 Å². The zero-order valence-corrected chi connectivity index (χ0v) is 13.6. The number of rotatable bonds is 3. The Kier molecular flexibility index (Phi) is 4.84. The van der Waals surface area contributed by atoms with E-state index in [1.807, 2.05) is 26.0 Å². The Morgan fingerprint density at radius 2 is 1.85 bits per heavy atom. The second-order valence-corrected chi connectivity index (χ2v) is 6.09. The van der Waals surface area contributed by atoms with Gasteiger partial charge in [-0.25, -0.2) is 4.39 Å². The Labute approximate surface area is 131 Å². The summed E-state index contributed by atoms with van der Waals surface area (Å²) in [5.41, 5.74) is 3.19. The molecule has 0 bridgehead atoms. The fourth-order valence-electron chi connectivity index (χ4n) is 2.21. The van der Waals surface area contributed by atoms with Gasteiger partial charge in [0.2, 0.25) is 0 Å². The van der Waals surface area contributed by atoms with Gasteiger partial charge in [0.05, 0.1) is 6.10 Å². The van der Waals surface area contributed by atoms with Gasteiger partial charge in [-0.1, -0.05) is 45.7 Å². The van der Waals surface area contributed by atoms with Gasteiger partial charge in [-0.05, 0) is 42.7 Å². The van der Waals surface area contributed by atoms with Crippen molar-refractivity contribution in [3.05, 3.63) is 67.9 Å². The summed E-state index contributed by atoms with van der Waals surface area (Å²) in [6.07, 6.45) is -0.624. The first kappa shape index (κ1) is 15.5. The molecule has 0 aromatic heterocycles. The molecular weight excluding hydrogens is 343 g/mol. The minimum absolute atomic E-state index is 0.159. The molecule has 0 saturated heterocycles. The molecule has 106 valence electrons. The molecule has 0 amide bonds. The number of hydrogen-bond acceptors (Lipinski definition) is 1. The Bertz CT molecular complexity index is 599. The van der Waals surface area contributed by atoms with Crippen LogP contribution in [0.2, 0.25) is 5.02 Å². The monoisotopic (exact) mass is 356 g/mol. The SMILES string of the molecule is Cc1cc(C(O)Cc2c(F)cccc2Cl)cc(C)c1Br. The highest BCUT2D eigenvalue weighted by Crippen LogP contribution is 2.29. The zero-order valence-electron chi connectivity index (χ0n) is 11.3. The van der Waals surface area contributed by atoms with Crippen molar-refractivity contribution in [3.8, 4) is 0 Å². The maximum Gasteiger partial charge on any atom is 0.127 e. The third-order valence-electron chi connectivity index (χ3n) is 3.30. The molecule has 0 aliphatic rings. The summed E-state index contributed by atoms with van der Waals surface area (Å²) in [6, 6.07) is 8.34. The molecule has 0 spiro atoms. The molecule has 4 heteroatoms. The van der Waals surface area contributed by atoms with E-state index in [2.05, 4.69) is 15.9 Å². The van der Waals surface area contributed by atoms with E-state index < -0.39 is 6.10 Å². The van der Waals surface area contributed by atoms with Crippen LogP contribution in [0.25, 0.3) is 0 Å². The summed E-state index contributed by atoms with van der Waals surface area (Å²) in [5, 5.41) is 10.7. The predicted molar refractivity (Wildman–Crippen MR) is 83.7 cm³/mol. The standard InChI is InChI=1S/C16H15BrClFO/c1-9-6-11(7-10(2)16(9)17)15(20)8-12-13(18)4-3-5-14(12)19/h3-7,15,20H,8H2,1-2H3. The maximum atomic E-state index is 13.7. The molecule has 2 rings (SSSR count). The molecule has 0 heterocycles. The van der Waals surface area contributed by atoms with Crippen molar-refractivity contribution in [2.75, 3.05) is 0 Å². The lowest BCUT2D eigenvalue weighted by Crippen LogP contribution is -2.05. The van der Waals surface area contributed by atoms with Crippen molar-refractivity contribution in [1.82, 2.24) is 0 Å². The molecule has 2 aromatic carbocycles. The highest BCUT2D eigenvalue weighted by molar-refractivity contribution is 9.10. The molecule has 0 aliphatic carbocycles. The number of hydrogen-bond donors (Lipinski definition) is 1. The summed E-state index contributed by atoms with van der Waals surface area (Å²) in [4.78, 5) is 0. The van der Waals surface area contributed by atoms with Gasteiger partial charge in [-0.3, -0.25) is 0 Å². The molecule has 0 saturated carbocycles. The fraction of sp³-hybridized carbons (Fsp3) is 0.250. The molecule has 0 aliphatic heterocycles. The molecule has 20 heavy (non-hydrogen) atoms. The third-order valence-corrected chi connectivity index (χ3v) is 4.91. The van der Waals surface area contributed by atoms with E-state index >= 15 is 0 Å². The minimum Gasteiger partial charge on any atom is -0.388 e. The van der Waals surface area contributed by atoms with Crippen LogP contribution in [-0.2, 0) is 6.42 Å². The normalized spacial score (nSPS) is 12.5. The van der Waals surface area contributed by atoms with Crippen LogP contribution in [0.4, 0.5) is 4.39 Å². The van der Waals surface area contributed by atoms with Crippen LogP contribution < -0.4 is 0 Å². The number of aliphatic hydroxyl groups is 1. The van der Waals surface area contributed by atoms with Crippen LogP contribution in [-0.4, -0.2) is 5.11 Å². The average Bonchev–Trinajstić information content (AvgIpc) is 2.39. The van der Waals surface area contributed by atoms with Gasteiger partial charge in [0, 0.05) is 21.5 Å². The van der Waals surface area contributed by atoms with Crippen molar-refractivity contribution >= 4 is 27.5 Å². The lowest BCUT2D eigenvalue weighted by molar-refractivity contribution is 0.177. The summed E-state index contributed by atoms with van der Waals surface area (Å²) < 4.78 is 14.8. The van der Waals surface area contributed by atoms with E-state index in [9.17, 15) is 9.50 Å². The van der Waals surface area contributed by atoms with E-state index in [4.69, 9.17) is 11.6 Å². The van der Waals surface area contributed by atoms with Gasteiger partial charge in [0.1, 0.15) is 5.82 Å². The second-order valence-electron chi connectivity index (χ2n) is 4.89. The number of aryl methyl sites for hydroxylation is 2. The van der Waals surface area contributed by atoms with Gasteiger partial charge in [0.25, 0.3) is 0 Å². The molecule has 1 atom stereocenters. The summed E-state index contributed by atoms with van der Waals surface area (Å²) in [6.45, 7) is 3.92. The second kappa shape index (κ2) is 6.25. The first-order chi connectivity index (χ1) is 9.40. The maximum absolute atomic E-state index is 13.7. The van der Waals surface area contributed by atoms with E-state index in [0.29, 0.717) is 10.6 Å². The minimum atomic E-state index is -0.782. The molecule has 1 nitrogen and oxygen atoms in total. The average molecular weight is 358 g/mol. The molecule has 0 radical (unpaired) electrons. The van der Waals surface area contributed by atoms with Crippen molar-refractivity contribution < 1.29 is 9.50 Å². The number of halogens is 3. The van der Waals surface area contributed by atoms with Crippen molar-refractivity contribution in [2.24, 2.45) is 0 Å². The largest absolute Gasteiger partial charge is 0.388 e. The summed E-state index contributed by atoms with van der Waals surface area (Å²) >= 11 is 9.48. The number of benzene rings is 2. The Morgan fingerprint density at radius 1 is 1.25 bits per heavy atom. The molecule has 1 unspecified atom stereocenters. The van der Waals surface area contributed by atoms with E-state index in [0.717, 1.165) is 21.2 Å². The van der Waals surface area contributed by atoms with Gasteiger partial charge in [0.15, 0.2) is 0 Å². The van der Waals surface area contributed by atoms with E-state index in [-0.39, 0.29) is 12.2 Å². The quantitative estimate of drug-likeness (QED) is 0.807. The summed E-state index contributed by atoms with van der Waals surface area (Å²) in [7, 11) is 0. The first-order valence-electron chi connectivity index (χ1n) is 6.27. The van der Waals surface area contributed by atoms with Gasteiger partial charge in [-0.2, -0.15) is 0 Å².